The smallest absolute Gasteiger partial charge is 0.310 e. The molecule has 0 saturated heterocycles. The summed E-state index contributed by atoms with van der Waals surface area (Å²) in [5.74, 6) is 0.0818. The quantitative estimate of drug-likeness (QED) is 0.579. The van der Waals surface area contributed by atoms with Crippen LogP contribution in [0.3, 0.4) is 0 Å². The summed E-state index contributed by atoms with van der Waals surface area (Å²) < 4.78 is 63.6. The first kappa shape index (κ1) is 20.4. The van der Waals surface area contributed by atoms with Gasteiger partial charge in [0.1, 0.15) is 10.7 Å². The molecule has 1 amide bonds. The lowest BCUT2D eigenvalue weighted by Gasteiger charge is -2.40. The number of nitrogens with zero attached hydrogens (tertiary/aromatic N) is 2. The van der Waals surface area contributed by atoms with Gasteiger partial charge in [0, 0.05) is 30.5 Å². The lowest BCUT2D eigenvalue weighted by molar-refractivity contribution is -0.113. The maximum Gasteiger partial charge on any atom is 0.310 e. The zero-order chi connectivity index (χ0) is 20.6. The monoisotopic (exact) mass is 439 g/mol. The van der Waals surface area contributed by atoms with Crippen molar-refractivity contribution in [3.8, 4) is 0 Å². The van der Waals surface area contributed by atoms with Crippen molar-refractivity contribution in [2.24, 2.45) is 0 Å². The van der Waals surface area contributed by atoms with Crippen LogP contribution in [0.1, 0.15) is 6.42 Å². The Balaban J connectivity index is 1.67. The lowest BCUT2D eigenvalue weighted by Crippen LogP contribution is -2.32. The van der Waals surface area contributed by atoms with Crippen molar-refractivity contribution in [2.45, 2.75) is 11.3 Å². The van der Waals surface area contributed by atoms with Crippen LogP contribution in [0.2, 0.25) is 5.02 Å². The highest BCUT2D eigenvalue weighted by molar-refractivity contribution is 8.45. The van der Waals surface area contributed by atoms with E-state index in [0.29, 0.717) is 35.9 Å². The van der Waals surface area contributed by atoms with Gasteiger partial charge in [-0.25, -0.2) is 4.98 Å². The number of anilines is 2. The maximum atomic E-state index is 12.7. The summed E-state index contributed by atoms with van der Waals surface area (Å²) in [5, 5.41) is 2.89. The van der Waals surface area contributed by atoms with Gasteiger partial charge in [-0.2, -0.15) is 0 Å². The van der Waals surface area contributed by atoms with E-state index in [1.54, 1.807) is 24.4 Å². The van der Waals surface area contributed by atoms with E-state index >= 15 is 0 Å². The second kappa shape index (κ2) is 6.35. The van der Waals surface area contributed by atoms with E-state index in [0.717, 1.165) is 12.1 Å². The number of halogens is 6. The van der Waals surface area contributed by atoms with Crippen LogP contribution >= 0.6 is 21.8 Å². The Labute approximate surface area is 162 Å². The fourth-order valence-electron chi connectivity index (χ4n) is 2.68. The standard InChI is InChI=1S/C17H15ClF5N3OS/c18-15-2-1-9-24-16(15)26-10-7-12(8-11-26)17(27)25-13-3-5-14(6-4-13)28(19,20,21,22)23/h1-7,9H,8,10-11H2,(H,25,27). The molecule has 0 bridgehead atoms. The number of carbonyl (C=O) groups excluding carboxylic acids is 1. The zero-order valence-corrected chi connectivity index (χ0v) is 15.8. The molecule has 0 unspecified atom stereocenters. The third kappa shape index (κ3) is 4.74. The number of pyridine rings is 1. The molecular weight excluding hydrogens is 425 g/mol. The van der Waals surface area contributed by atoms with E-state index in [9.17, 15) is 24.2 Å². The van der Waals surface area contributed by atoms with Crippen molar-refractivity contribution < 1.29 is 24.2 Å². The van der Waals surface area contributed by atoms with Crippen LogP contribution in [0.25, 0.3) is 0 Å². The molecule has 1 aromatic carbocycles. The van der Waals surface area contributed by atoms with Gasteiger partial charge in [0.2, 0.25) is 0 Å². The summed E-state index contributed by atoms with van der Waals surface area (Å²) in [6.07, 6.45) is 3.62. The van der Waals surface area contributed by atoms with Crippen molar-refractivity contribution in [2.75, 3.05) is 23.3 Å². The predicted octanol–water partition coefficient (Wildman–Crippen LogP) is 6.17. The van der Waals surface area contributed by atoms with Crippen molar-refractivity contribution >= 4 is 39.2 Å². The second-order valence-corrected chi connectivity index (χ2v) is 9.00. The molecule has 0 atom stereocenters. The summed E-state index contributed by atoms with van der Waals surface area (Å²) in [4.78, 5) is 16.4. The molecule has 1 aliphatic rings. The van der Waals surface area contributed by atoms with Gasteiger partial charge in [-0.1, -0.05) is 37.1 Å². The Hall–Kier alpha value is -2.33. The Bertz CT molecular complexity index is 948. The average Bonchev–Trinajstić information content (AvgIpc) is 2.61. The summed E-state index contributed by atoms with van der Waals surface area (Å²) in [6.45, 7) is 0.849. The van der Waals surface area contributed by atoms with Gasteiger partial charge in [-0.05, 0) is 42.8 Å². The van der Waals surface area contributed by atoms with E-state index < -0.39 is 21.0 Å². The van der Waals surface area contributed by atoms with Gasteiger partial charge in [-0.15, -0.1) is 0 Å². The molecule has 11 heteroatoms. The zero-order valence-electron chi connectivity index (χ0n) is 14.2. The SMILES string of the molecule is O=C(Nc1ccc(S(F)(F)(F)(F)F)cc1)C1=CCN(c2ncccc2Cl)CC1. The van der Waals surface area contributed by atoms with Gasteiger partial charge in [0.25, 0.3) is 5.91 Å². The molecule has 152 valence electrons. The van der Waals surface area contributed by atoms with Crippen molar-refractivity contribution in [3.63, 3.8) is 0 Å². The fraction of sp³-hybridized carbons (Fsp3) is 0.176. The minimum atomic E-state index is -9.73. The molecule has 2 heterocycles. The van der Waals surface area contributed by atoms with Crippen molar-refractivity contribution in [1.82, 2.24) is 4.98 Å². The normalized spacial score (nSPS) is 17.4. The molecule has 2 aromatic rings. The van der Waals surface area contributed by atoms with E-state index in [4.69, 9.17) is 11.6 Å². The highest BCUT2D eigenvalue weighted by Crippen LogP contribution is 3.02. The highest BCUT2D eigenvalue weighted by atomic mass is 35.5. The molecule has 3 rings (SSSR count). The average molecular weight is 440 g/mol. The van der Waals surface area contributed by atoms with Crippen LogP contribution in [0.5, 0.6) is 0 Å². The van der Waals surface area contributed by atoms with Crippen LogP contribution in [0, 0.1) is 0 Å². The highest BCUT2D eigenvalue weighted by Gasteiger charge is 2.65. The molecular formula is C17H15ClF5N3OS. The van der Waals surface area contributed by atoms with Crippen LogP contribution < -0.4 is 10.2 Å². The number of hydrogen-bond acceptors (Lipinski definition) is 3. The molecule has 1 aromatic heterocycles. The number of amides is 1. The molecule has 0 aliphatic carbocycles. The number of benzene rings is 1. The third-order valence-electron chi connectivity index (χ3n) is 4.10. The summed E-state index contributed by atoms with van der Waals surface area (Å²) in [5.41, 5.74) is 0.423. The lowest BCUT2D eigenvalue weighted by atomic mass is 10.1. The third-order valence-corrected chi connectivity index (χ3v) is 5.56. The number of nitrogens with one attached hydrogen (secondary N) is 1. The van der Waals surface area contributed by atoms with Crippen LogP contribution in [-0.2, 0) is 4.79 Å². The Kier molecular flexibility index (Phi) is 4.62. The molecule has 0 radical (unpaired) electrons. The van der Waals surface area contributed by atoms with Gasteiger partial charge in [0.15, 0.2) is 0 Å². The number of hydrogen-bond donors (Lipinski definition) is 1. The van der Waals surface area contributed by atoms with Gasteiger partial charge >= 0.3 is 10.2 Å². The van der Waals surface area contributed by atoms with Crippen LogP contribution in [0.15, 0.2) is 59.1 Å². The first-order chi connectivity index (χ1) is 12.8. The minimum absolute atomic E-state index is 0.00769. The van der Waals surface area contributed by atoms with Crippen molar-refractivity contribution in [3.05, 3.63) is 59.3 Å². The summed E-state index contributed by atoms with van der Waals surface area (Å²) in [6, 6.07) is 5.52. The van der Waals surface area contributed by atoms with Gasteiger partial charge < -0.3 is 10.2 Å². The molecule has 28 heavy (non-hydrogen) atoms. The molecule has 0 saturated carbocycles. The van der Waals surface area contributed by atoms with Crippen LogP contribution in [-0.4, -0.2) is 24.0 Å². The molecule has 1 N–H and O–H groups in total. The molecule has 1 aliphatic heterocycles. The van der Waals surface area contributed by atoms with Crippen LogP contribution in [0.4, 0.5) is 30.9 Å². The molecule has 0 fully saturated rings. The van der Waals surface area contributed by atoms with E-state index in [1.165, 1.54) is 0 Å². The van der Waals surface area contributed by atoms with Gasteiger partial charge in [0.05, 0.1) is 5.02 Å². The summed E-state index contributed by atoms with van der Waals surface area (Å²) >= 11 is 6.09. The largest absolute Gasteiger partial charge is 0.351 e. The predicted molar refractivity (Wildman–Crippen MR) is 101 cm³/mol. The minimum Gasteiger partial charge on any atom is -0.351 e. The second-order valence-electron chi connectivity index (χ2n) is 6.18. The first-order valence-corrected chi connectivity index (χ1v) is 10.4. The maximum absolute atomic E-state index is 12.7. The topological polar surface area (TPSA) is 45.2 Å². The number of rotatable bonds is 4. The molecule has 4 nitrogen and oxygen atoms in total. The molecule has 0 spiro atoms. The van der Waals surface area contributed by atoms with E-state index in [1.807, 2.05) is 4.90 Å². The Morgan fingerprint density at radius 3 is 2.32 bits per heavy atom. The first-order valence-electron chi connectivity index (χ1n) is 8.03. The number of carbonyl (C=O) groups is 1. The fourth-order valence-corrected chi connectivity index (χ4v) is 3.58. The Morgan fingerprint density at radius 2 is 1.79 bits per heavy atom. The van der Waals surface area contributed by atoms with E-state index in [2.05, 4.69) is 10.3 Å². The van der Waals surface area contributed by atoms with Crippen molar-refractivity contribution in [1.29, 1.82) is 0 Å². The number of aromatic nitrogens is 1. The summed E-state index contributed by atoms with van der Waals surface area (Å²) in [7, 11) is -9.73. The Morgan fingerprint density at radius 1 is 1.11 bits per heavy atom. The van der Waals surface area contributed by atoms with Gasteiger partial charge in [-0.3, -0.25) is 4.79 Å². The van der Waals surface area contributed by atoms with E-state index in [-0.39, 0.29) is 17.8 Å².